The number of thioether (sulfide) groups is 1. The van der Waals surface area contributed by atoms with E-state index in [4.69, 9.17) is 5.90 Å². The Labute approximate surface area is 68.0 Å². The molecule has 0 aliphatic carbocycles. The van der Waals surface area contributed by atoms with E-state index in [1.807, 2.05) is 0 Å². The minimum Gasteiger partial charge on any atom is -0.304 e. The van der Waals surface area contributed by atoms with Gasteiger partial charge in [0.25, 0.3) is 0 Å². The van der Waals surface area contributed by atoms with Crippen molar-refractivity contribution >= 4 is 11.8 Å². The number of aryl methyl sites for hydroxylation is 1. The molecule has 0 aliphatic rings. The van der Waals surface area contributed by atoms with Gasteiger partial charge in [-0.25, -0.2) is 10.6 Å². The predicted octanol–water partition coefficient (Wildman–Crippen LogP) is -0.807. The SMILES string of the molecule is Cn1nnnc1SCCON. The fourth-order valence-corrected chi connectivity index (χ4v) is 1.20. The van der Waals surface area contributed by atoms with E-state index >= 15 is 0 Å². The Bertz CT molecular complexity index is 214. The molecule has 1 aromatic heterocycles. The third-order valence-corrected chi connectivity index (χ3v) is 1.99. The molecule has 0 saturated carbocycles. The molecule has 0 fully saturated rings. The summed E-state index contributed by atoms with van der Waals surface area (Å²) in [5.74, 6) is 5.59. The summed E-state index contributed by atoms with van der Waals surface area (Å²) in [4.78, 5) is 4.38. The molecule has 1 rings (SSSR count). The fraction of sp³-hybridized carbons (Fsp3) is 0.750. The molecule has 6 nitrogen and oxygen atoms in total. The predicted molar refractivity (Wildman–Crippen MR) is 39.7 cm³/mol. The van der Waals surface area contributed by atoms with Gasteiger partial charge in [-0.3, -0.25) is 0 Å². The summed E-state index contributed by atoms with van der Waals surface area (Å²) in [6, 6.07) is 0. The summed E-state index contributed by atoms with van der Waals surface area (Å²) in [5.41, 5.74) is 0. The van der Waals surface area contributed by atoms with Crippen molar-refractivity contribution < 1.29 is 4.84 Å². The van der Waals surface area contributed by atoms with Crippen molar-refractivity contribution in [1.82, 2.24) is 20.2 Å². The van der Waals surface area contributed by atoms with E-state index in [0.717, 1.165) is 10.9 Å². The zero-order valence-corrected chi connectivity index (χ0v) is 6.91. The first kappa shape index (κ1) is 8.44. The standard InChI is InChI=1S/C4H9N5OS/c1-9-4(6-7-8-9)11-3-2-10-5/h2-3,5H2,1H3. The Hall–Kier alpha value is -0.660. The number of rotatable bonds is 4. The van der Waals surface area contributed by atoms with Crippen LogP contribution in [0.4, 0.5) is 0 Å². The molecule has 1 heterocycles. The van der Waals surface area contributed by atoms with Gasteiger partial charge in [-0.1, -0.05) is 11.8 Å². The number of nitrogens with zero attached hydrogens (tertiary/aromatic N) is 4. The minimum atomic E-state index is 0.498. The molecular weight excluding hydrogens is 166 g/mol. The highest BCUT2D eigenvalue weighted by molar-refractivity contribution is 7.99. The molecule has 2 N–H and O–H groups in total. The lowest BCUT2D eigenvalue weighted by Gasteiger charge is -1.96. The lowest BCUT2D eigenvalue weighted by Crippen LogP contribution is -2.03. The molecule has 0 radical (unpaired) electrons. The molecule has 62 valence electrons. The van der Waals surface area contributed by atoms with E-state index < -0.39 is 0 Å². The van der Waals surface area contributed by atoms with Crippen LogP contribution < -0.4 is 5.90 Å². The maximum atomic E-state index is 4.83. The molecule has 0 aliphatic heterocycles. The first-order chi connectivity index (χ1) is 5.34. The Morgan fingerprint density at radius 3 is 3.09 bits per heavy atom. The second-order valence-corrected chi connectivity index (χ2v) is 2.87. The molecule has 0 aromatic carbocycles. The monoisotopic (exact) mass is 175 g/mol. The Morgan fingerprint density at radius 2 is 2.55 bits per heavy atom. The van der Waals surface area contributed by atoms with Crippen LogP contribution in [0.15, 0.2) is 5.16 Å². The van der Waals surface area contributed by atoms with Gasteiger partial charge in [-0.05, 0) is 10.4 Å². The van der Waals surface area contributed by atoms with Crippen LogP contribution in [0.2, 0.25) is 0 Å². The average molecular weight is 175 g/mol. The van der Waals surface area contributed by atoms with Crippen molar-refractivity contribution in [3.63, 3.8) is 0 Å². The highest BCUT2D eigenvalue weighted by Gasteiger charge is 2.00. The molecule has 11 heavy (non-hydrogen) atoms. The zero-order valence-electron chi connectivity index (χ0n) is 6.10. The molecular formula is C4H9N5OS. The fourth-order valence-electron chi connectivity index (χ4n) is 0.525. The second kappa shape index (κ2) is 4.27. The number of tetrazole rings is 1. The van der Waals surface area contributed by atoms with Crippen LogP contribution in [0, 0.1) is 0 Å². The van der Waals surface area contributed by atoms with Crippen molar-refractivity contribution in [2.75, 3.05) is 12.4 Å². The summed E-state index contributed by atoms with van der Waals surface area (Å²) in [5, 5.41) is 11.7. The number of nitrogens with two attached hydrogens (primary N) is 1. The molecule has 0 amide bonds. The van der Waals surface area contributed by atoms with Crippen LogP contribution in [0.3, 0.4) is 0 Å². The van der Waals surface area contributed by atoms with Crippen molar-refractivity contribution in [2.24, 2.45) is 12.9 Å². The van der Waals surface area contributed by atoms with Crippen molar-refractivity contribution in [3.8, 4) is 0 Å². The minimum absolute atomic E-state index is 0.498. The van der Waals surface area contributed by atoms with E-state index in [9.17, 15) is 0 Å². The molecule has 1 aromatic rings. The molecule has 0 unspecified atom stereocenters. The summed E-state index contributed by atoms with van der Waals surface area (Å²) >= 11 is 1.50. The van der Waals surface area contributed by atoms with Gasteiger partial charge in [-0.15, -0.1) is 5.10 Å². The van der Waals surface area contributed by atoms with Crippen LogP contribution >= 0.6 is 11.8 Å². The van der Waals surface area contributed by atoms with E-state index in [0.29, 0.717) is 6.61 Å². The zero-order chi connectivity index (χ0) is 8.10. The lowest BCUT2D eigenvalue weighted by molar-refractivity contribution is 0.155. The van der Waals surface area contributed by atoms with Gasteiger partial charge in [0.15, 0.2) is 0 Å². The quantitative estimate of drug-likeness (QED) is 0.366. The first-order valence-corrected chi connectivity index (χ1v) is 4.00. The summed E-state index contributed by atoms with van der Waals surface area (Å²) in [7, 11) is 1.78. The van der Waals surface area contributed by atoms with Crippen molar-refractivity contribution in [3.05, 3.63) is 0 Å². The Morgan fingerprint density at radius 1 is 1.73 bits per heavy atom. The normalized spacial score (nSPS) is 10.4. The van der Waals surface area contributed by atoms with Gasteiger partial charge in [0, 0.05) is 12.8 Å². The summed E-state index contributed by atoms with van der Waals surface area (Å²) in [6.45, 7) is 0.498. The summed E-state index contributed by atoms with van der Waals surface area (Å²) < 4.78 is 1.60. The third kappa shape index (κ3) is 2.45. The van der Waals surface area contributed by atoms with Crippen LogP contribution in [0.5, 0.6) is 0 Å². The Balaban J connectivity index is 2.32. The first-order valence-electron chi connectivity index (χ1n) is 3.01. The molecule has 0 saturated heterocycles. The van der Waals surface area contributed by atoms with E-state index in [2.05, 4.69) is 20.4 Å². The van der Waals surface area contributed by atoms with E-state index in [1.165, 1.54) is 11.8 Å². The van der Waals surface area contributed by atoms with Gasteiger partial charge in [0.05, 0.1) is 6.61 Å². The largest absolute Gasteiger partial charge is 0.304 e. The highest BCUT2D eigenvalue weighted by Crippen LogP contribution is 2.10. The number of hydrogen-bond acceptors (Lipinski definition) is 6. The molecule has 0 spiro atoms. The van der Waals surface area contributed by atoms with Crippen molar-refractivity contribution in [1.29, 1.82) is 0 Å². The molecule has 0 bridgehead atoms. The average Bonchev–Trinajstić information content (AvgIpc) is 2.37. The maximum Gasteiger partial charge on any atom is 0.209 e. The highest BCUT2D eigenvalue weighted by atomic mass is 32.2. The van der Waals surface area contributed by atoms with Gasteiger partial charge >= 0.3 is 0 Å². The van der Waals surface area contributed by atoms with Gasteiger partial charge in [0.2, 0.25) is 5.16 Å². The Kier molecular flexibility index (Phi) is 3.27. The second-order valence-electron chi connectivity index (χ2n) is 1.80. The number of hydrogen-bond donors (Lipinski definition) is 1. The topological polar surface area (TPSA) is 78.8 Å². The van der Waals surface area contributed by atoms with Crippen molar-refractivity contribution in [2.45, 2.75) is 5.16 Å². The third-order valence-electron chi connectivity index (χ3n) is 1.01. The van der Waals surface area contributed by atoms with Crippen LogP contribution in [0.1, 0.15) is 0 Å². The number of aromatic nitrogens is 4. The smallest absolute Gasteiger partial charge is 0.209 e. The van der Waals surface area contributed by atoms with Gasteiger partial charge < -0.3 is 4.84 Å². The van der Waals surface area contributed by atoms with E-state index in [-0.39, 0.29) is 0 Å². The van der Waals surface area contributed by atoms with Crippen LogP contribution in [-0.4, -0.2) is 32.6 Å². The van der Waals surface area contributed by atoms with Gasteiger partial charge in [-0.2, -0.15) is 0 Å². The van der Waals surface area contributed by atoms with Gasteiger partial charge in [0.1, 0.15) is 0 Å². The van der Waals surface area contributed by atoms with E-state index in [1.54, 1.807) is 11.7 Å². The molecule has 0 atom stereocenters. The summed E-state index contributed by atoms with van der Waals surface area (Å²) in [6.07, 6.45) is 0. The maximum absolute atomic E-state index is 4.83. The van der Waals surface area contributed by atoms with Crippen LogP contribution in [-0.2, 0) is 11.9 Å². The lowest BCUT2D eigenvalue weighted by atomic mass is 10.9. The van der Waals surface area contributed by atoms with Crippen LogP contribution in [0.25, 0.3) is 0 Å². The molecule has 7 heteroatoms.